The number of carbonyl (C=O) groups excluding carboxylic acids is 1. The van der Waals surface area contributed by atoms with Crippen LogP contribution in [-0.4, -0.2) is 53.3 Å². The number of carboxylic acids is 1. The van der Waals surface area contributed by atoms with Crippen LogP contribution in [0.5, 0.6) is 5.75 Å². The SMILES string of the molecule is C[C@@H]1CN(C(=O)C2Cc3ccccc3O2)CC(C(=O)O)O1. The van der Waals surface area contributed by atoms with E-state index in [9.17, 15) is 9.59 Å². The van der Waals surface area contributed by atoms with Crippen LogP contribution in [0.25, 0.3) is 0 Å². The van der Waals surface area contributed by atoms with E-state index in [2.05, 4.69) is 0 Å². The largest absolute Gasteiger partial charge is 0.480 e. The molecule has 0 aromatic heterocycles. The van der Waals surface area contributed by atoms with E-state index in [0.717, 1.165) is 11.3 Å². The van der Waals surface area contributed by atoms with Crippen LogP contribution in [0.15, 0.2) is 24.3 Å². The highest BCUT2D eigenvalue weighted by Crippen LogP contribution is 2.29. The monoisotopic (exact) mass is 291 g/mol. The van der Waals surface area contributed by atoms with Gasteiger partial charge in [0.05, 0.1) is 12.6 Å². The normalized spacial score (nSPS) is 27.9. The molecule has 1 saturated heterocycles. The first-order chi connectivity index (χ1) is 10.0. The minimum atomic E-state index is -1.05. The molecule has 3 rings (SSSR count). The third-order valence-corrected chi connectivity index (χ3v) is 3.77. The molecule has 6 heteroatoms. The van der Waals surface area contributed by atoms with E-state index in [-0.39, 0.29) is 18.6 Å². The zero-order valence-electron chi connectivity index (χ0n) is 11.7. The number of hydrogen-bond acceptors (Lipinski definition) is 4. The van der Waals surface area contributed by atoms with Gasteiger partial charge >= 0.3 is 5.97 Å². The van der Waals surface area contributed by atoms with Crippen LogP contribution in [-0.2, 0) is 20.7 Å². The van der Waals surface area contributed by atoms with E-state index >= 15 is 0 Å². The summed E-state index contributed by atoms with van der Waals surface area (Å²) in [5.74, 6) is -0.491. The molecule has 0 aliphatic carbocycles. The van der Waals surface area contributed by atoms with Crippen LogP contribution in [0.4, 0.5) is 0 Å². The Morgan fingerprint density at radius 3 is 2.71 bits per heavy atom. The average molecular weight is 291 g/mol. The van der Waals surface area contributed by atoms with Gasteiger partial charge < -0.3 is 19.5 Å². The van der Waals surface area contributed by atoms with Crippen LogP contribution < -0.4 is 4.74 Å². The van der Waals surface area contributed by atoms with Gasteiger partial charge in [-0.05, 0) is 18.6 Å². The second-order valence-electron chi connectivity index (χ2n) is 5.44. The molecule has 3 atom stereocenters. The van der Waals surface area contributed by atoms with Crippen LogP contribution >= 0.6 is 0 Å². The lowest BCUT2D eigenvalue weighted by Crippen LogP contribution is -2.54. The first kappa shape index (κ1) is 13.9. The summed E-state index contributed by atoms with van der Waals surface area (Å²) < 4.78 is 11.0. The van der Waals surface area contributed by atoms with Crippen LogP contribution in [0.3, 0.4) is 0 Å². The third kappa shape index (κ3) is 2.71. The van der Waals surface area contributed by atoms with Gasteiger partial charge in [-0.25, -0.2) is 4.79 Å². The molecule has 1 aromatic rings. The van der Waals surface area contributed by atoms with Crippen molar-refractivity contribution < 1.29 is 24.2 Å². The molecular formula is C15H17NO5. The fraction of sp³-hybridized carbons (Fsp3) is 0.467. The van der Waals surface area contributed by atoms with E-state index in [1.807, 2.05) is 24.3 Å². The molecule has 2 aliphatic heterocycles. The maximum Gasteiger partial charge on any atom is 0.334 e. The summed E-state index contributed by atoms with van der Waals surface area (Å²) in [6, 6.07) is 7.55. The van der Waals surface area contributed by atoms with E-state index < -0.39 is 18.2 Å². The van der Waals surface area contributed by atoms with Gasteiger partial charge in [0, 0.05) is 13.0 Å². The van der Waals surface area contributed by atoms with Gasteiger partial charge in [-0.1, -0.05) is 18.2 Å². The van der Waals surface area contributed by atoms with Crippen molar-refractivity contribution >= 4 is 11.9 Å². The Morgan fingerprint density at radius 1 is 1.24 bits per heavy atom. The Bertz CT molecular complexity index is 548. The van der Waals surface area contributed by atoms with E-state index in [4.69, 9.17) is 14.6 Å². The highest BCUT2D eigenvalue weighted by atomic mass is 16.5. The van der Waals surface area contributed by atoms with Gasteiger partial charge in [-0.3, -0.25) is 4.79 Å². The molecule has 1 amide bonds. The molecule has 1 N–H and O–H groups in total. The van der Waals surface area contributed by atoms with Gasteiger partial charge in [0.2, 0.25) is 0 Å². The molecule has 1 aromatic carbocycles. The number of carboxylic acid groups (broad SMARTS) is 1. The van der Waals surface area contributed by atoms with Gasteiger partial charge in [-0.15, -0.1) is 0 Å². The van der Waals surface area contributed by atoms with Crippen LogP contribution in [0.1, 0.15) is 12.5 Å². The molecule has 2 heterocycles. The third-order valence-electron chi connectivity index (χ3n) is 3.77. The molecule has 2 aliphatic rings. The molecule has 6 nitrogen and oxygen atoms in total. The summed E-state index contributed by atoms with van der Waals surface area (Å²) >= 11 is 0. The van der Waals surface area contributed by atoms with Crippen LogP contribution in [0, 0.1) is 0 Å². The number of para-hydroxylation sites is 1. The molecule has 112 valence electrons. The zero-order chi connectivity index (χ0) is 15.0. The number of ether oxygens (including phenoxy) is 2. The topological polar surface area (TPSA) is 76.1 Å². The summed E-state index contributed by atoms with van der Waals surface area (Å²) in [4.78, 5) is 25.1. The van der Waals surface area contributed by atoms with Crippen molar-refractivity contribution in [1.82, 2.24) is 4.90 Å². The summed E-state index contributed by atoms with van der Waals surface area (Å²) in [6.45, 7) is 2.22. The molecule has 0 bridgehead atoms. The molecule has 0 saturated carbocycles. The number of hydrogen-bond donors (Lipinski definition) is 1. The fourth-order valence-corrected chi connectivity index (χ4v) is 2.79. The Labute approximate surface area is 122 Å². The fourth-order valence-electron chi connectivity index (χ4n) is 2.79. The van der Waals surface area contributed by atoms with Crippen molar-refractivity contribution in [2.45, 2.75) is 31.7 Å². The molecule has 2 unspecified atom stereocenters. The first-order valence-electron chi connectivity index (χ1n) is 6.96. The lowest BCUT2D eigenvalue weighted by Gasteiger charge is -2.35. The standard InChI is InChI=1S/C15H17NO5/c1-9-7-16(8-13(20-9)15(18)19)14(17)12-6-10-4-2-3-5-11(10)21-12/h2-5,9,12-13H,6-8H2,1H3,(H,18,19)/t9-,12?,13?/m1/s1. The lowest BCUT2D eigenvalue weighted by atomic mass is 10.1. The van der Waals surface area contributed by atoms with Gasteiger partial charge in [0.25, 0.3) is 5.91 Å². The maximum absolute atomic E-state index is 12.5. The number of aliphatic carboxylic acids is 1. The van der Waals surface area contributed by atoms with Gasteiger partial charge in [-0.2, -0.15) is 0 Å². The van der Waals surface area contributed by atoms with E-state index in [0.29, 0.717) is 13.0 Å². The second-order valence-corrected chi connectivity index (χ2v) is 5.44. The molecule has 0 spiro atoms. The number of morpholine rings is 1. The second kappa shape index (κ2) is 5.37. The van der Waals surface area contributed by atoms with Crippen molar-refractivity contribution in [3.8, 4) is 5.75 Å². The van der Waals surface area contributed by atoms with Crippen molar-refractivity contribution in [3.05, 3.63) is 29.8 Å². The van der Waals surface area contributed by atoms with Crippen molar-refractivity contribution in [3.63, 3.8) is 0 Å². The minimum absolute atomic E-state index is 0.0642. The predicted molar refractivity (Wildman–Crippen MR) is 73.1 cm³/mol. The number of nitrogens with zero attached hydrogens (tertiary/aromatic N) is 1. The summed E-state index contributed by atoms with van der Waals surface area (Å²) in [5, 5.41) is 9.07. The summed E-state index contributed by atoms with van der Waals surface area (Å²) in [5.41, 5.74) is 1.01. The summed E-state index contributed by atoms with van der Waals surface area (Å²) in [7, 11) is 0. The number of carbonyl (C=O) groups is 2. The Morgan fingerprint density at radius 2 is 2.00 bits per heavy atom. The lowest BCUT2D eigenvalue weighted by molar-refractivity contribution is -0.168. The number of rotatable bonds is 2. The molecule has 0 radical (unpaired) electrons. The molecule has 1 fully saturated rings. The smallest absolute Gasteiger partial charge is 0.334 e. The molecule has 21 heavy (non-hydrogen) atoms. The zero-order valence-corrected chi connectivity index (χ0v) is 11.7. The maximum atomic E-state index is 12.5. The number of benzene rings is 1. The van der Waals surface area contributed by atoms with Crippen molar-refractivity contribution in [2.75, 3.05) is 13.1 Å². The van der Waals surface area contributed by atoms with E-state index in [1.54, 1.807) is 6.92 Å². The van der Waals surface area contributed by atoms with Crippen molar-refractivity contribution in [2.24, 2.45) is 0 Å². The Hall–Kier alpha value is -2.08. The Kier molecular flexibility index (Phi) is 3.55. The minimum Gasteiger partial charge on any atom is -0.480 e. The first-order valence-corrected chi connectivity index (χ1v) is 6.96. The van der Waals surface area contributed by atoms with Crippen LogP contribution in [0.2, 0.25) is 0 Å². The quantitative estimate of drug-likeness (QED) is 0.867. The highest BCUT2D eigenvalue weighted by Gasteiger charge is 2.38. The predicted octanol–water partition coefficient (Wildman–Crippen LogP) is 0.691. The van der Waals surface area contributed by atoms with Gasteiger partial charge in [0.15, 0.2) is 12.2 Å². The summed E-state index contributed by atoms with van der Waals surface area (Å²) in [6.07, 6.45) is -1.31. The highest BCUT2D eigenvalue weighted by molar-refractivity contribution is 5.84. The van der Waals surface area contributed by atoms with E-state index in [1.165, 1.54) is 4.90 Å². The number of fused-ring (bicyclic) bond motifs is 1. The Balaban J connectivity index is 1.70. The molecular weight excluding hydrogens is 274 g/mol. The van der Waals surface area contributed by atoms with Gasteiger partial charge in [0.1, 0.15) is 5.75 Å². The number of amides is 1. The average Bonchev–Trinajstić information content (AvgIpc) is 2.89. The van der Waals surface area contributed by atoms with Crippen molar-refractivity contribution in [1.29, 1.82) is 0 Å².